The second-order valence-corrected chi connectivity index (χ2v) is 6.45. The zero-order chi connectivity index (χ0) is 14.1. The minimum absolute atomic E-state index is 0.199. The summed E-state index contributed by atoms with van der Waals surface area (Å²) >= 11 is 0. The molecule has 0 aromatic carbocycles. The molecule has 2 bridgehead atoms. The van der Waals surface area contributed by atoms with Gasteiger partial charge in [0.1, 0.15) is 11.8 Å². The van der Waals surface area contributed by atoms with Gasteiger partial charge in [0.15, 0.2) is 11.5 Å². The highest BCUT2D eigenvalue weighted by atomic mass is 16.5. The molecule has 1 saturated heterocycles. The van der Waals surface area contributed by atoms with Gasteiger partial charge in [-0.3, -0.25) is 0 Å². The third-order valence-electron chi connectivity index (χ3n) is 5.79. The van der Waals surface area contributed by atoms with Crippen molar-refractivity contribution in [1.29, 1.82) is 0 Å². The lowest BCUT2D eigenvalue weighted by atomic mass is 9.78. The summed E-state index contributed by atoms with van der Waals surface area (Å²) in [7, 11) is 0. The molecule has 3 N–H and O–H groups in total. The lowest BCUT2D eigenvalue weighted by molar-refractivity contribution is 0.0560. The normalized spacial score (nSPS) is 40.4. The van der Waals surface area contributed by atoms with E-state index in [-0.39, 0.29) is 18.8 Å². The summed E-state index contributed by atoms with van der Waals surface area (Å²) in [4.78, 5) is 12.7. The van der Waals surface area contributed by atoms with Crippen molar-refractivity contribution < 1.29 is 9.84 Å². The Morgan fingerprint density at radius 3 is 3.05 bits per heavy atom. The maximum Gasteiger partial charge on any atom is 0.165 e. The van der Waals surface area contributed by atoms with Crippen molar-refractivity contribution in [2.75, 3.05) is 18.9 Å². The molecular formula is C14H17N5O2. The van der Waals surface area contributed by atoms with E-state index in [0.29, 0.717) is 35.0 Å². The van der Waals surface area contributed by atoms with Gasteiger partial charge in [0.25, 0.3) is 0 Å². The summed E-state index contributed by atoms with van der Waals surface area (Å²) in [6, 6.07) is 0.199. The highest BCUT2D eigenvalue weighted by Crippen LogP contribution is 2.61. The lowest BCUT2D eigenvalue weighted by Crippen LogP contribution is -2.36. The first-order valence-electron chi connectivity index (χ1n) is 7.45. The van der Waals surface area contributed by atoms with Gasteiger partial charge in [0.05, 0.1) is 25.1 Å². The van der Waals surface area contributed by atoms with Gasteiger partial charge in [-0.15, -0.1) is 0 Å². The molecule has 0 amide bonds. The summed E-state index contributed by atoms with van der Waals surface area (Å²) in [5.74, 6) is 2.26. The zero-order valence-corrected chi connectivity index (χ0v) is 11.5. The average Bonchev–Trinajstić information content (AvgIpc) is 3.18. The molecule has 7 heteroatoms. The van der Waals surface area contributed by atoms with Crippen molar-refractivity contribution in [3.05, 3.63) is 12.7 Å². The van der Waals surface area contributed by atoms with Crippen LogP contribution in [0, 0.1) is 23.7 Å². The number of aliphatic hydroxyl groups is 1. The molecule has 0 unspecified atom stereocenters. The number of anilines is 1. The summed E-state index contributed by atoms with van der Waals surface area (Å²) < 4.78 is 8.13. The van der Waals surface area contributed by atoms with Gasteiger partial charge < -0.3 is 20.1 Å². The van der Waals surface area contributed by atoms with Crippen LogP contribution >= 0.6 is 0 Å². The van der Waals surface area contributed by atoms with Gasteiger partial charge in [-0.2, -0.15) is 0 Å². The molecule has 3 heterocycles. The largest absolute Gasteiger partial charge is 0.396 e. The average molecular weight is 287 g/mol. The van der Waals surface area contributed by atoms with Gasteiger partial charge in [-0.25, -0.2) is 15.0 Å². The van der Waals surface area contributed by atoms with Gasteiger partial charge in [0, 0.05) is 6.61 Å². The number of nitrogens with two attached hydrogens (primary N) is 1. The molecular weight excluding hydrogens is 270 g/mol. The topological polar surface area (TPSA) is 99.1 Å². The number of hydrogen-bond donors (Lipinski definition) is 2. The van der Waals surface area contributed by atoms with Gasteiger partial charge in [0.2, 0.25) is 0 Å². The molecule has 2 aromatic heterocycles. The van der Waals surface area contributed by atoms with Crippen LogP contribution in [-0.2, 0) is 4.74 Å². The minimum Gasteiger partial charge on any atom is -0.396 e. The standard InChI is InChI=1S/C14H17N5O2/c15-13-10-14(17-4-16-13)19(5-18-10)11-6-1-7-9(8(6)2-20)3-21-12(7)11/h4-9,11-12,20H,1-3H2,(H2,15,16,17)/t6-,7+,8+,9+,11-,12-/m1/s1. The Morgan fingerprint density at radius 2 is 2.19 bits per heavy atom. The first-order chi connectivity index (χ1) is 10.3. The van der Waals surface area contributed by atoms with Crippen LogP contribution in [-0.4, -0.2) is 43.9 Å². The summed E-state index contributed by atoms with van der Waals surface area (Å²) in [6.07, 6.45) is 4.62. The zero-order valence-electron chi connectivity index (χ0n) is 11.5. The van der Waals surface area contributed by atoms with E-state index in [9.17, 15) is 5.11 Å². The van der Waals surface area contributed by atoms with Crippen LogP contribution in [0.4, 0.5) is 5.82 Å². The van der Waals surface area contributed by atoms with Crippen LogP contribution in [0.2, 0.25) is 0 Å². The van der Waals surface area contributed by atoms with E-state index in [1.807, 2.05) is 0 Å². The molecule has 21 heavy (non-hydrogen) atoms. The number of fused-ring (bicyclic) bond motifs is 2. The fourth-order valence-corrected chi connectivity index (χ4v) is 4.98. The summed E-state index contributed by atoms with van der Waals surface area (Å²) in [6.45, 7) is 1.01. The Balaban J connectivity index is 1.65. The molecule has 0 spiro atoms. The Morgan fingerprint density at radius 1 is 1.29 bits per heavy atom. The first kappa shape index (κ1) is 11.9. The predicted octanol–water partition coefficient (Wildman–Crippen LogP) is 0.223. The number of imidazole rings is 1. The molecule has 3 aliphatic rings. The Kier molecular flexibility index (Phi) is 2.22. The van der Waals surface area contributed by atoms with Crippen LogP contribution in [0.15, 0.2) is 12.7 Å². The van der Waals surface area contributed by atoms with Gasteiger partial charge in [-0.05, 0) is 30.1 Å². The predicted molar refractivity (Wildman–Crippen MR) is 74.2 cm³/mol. The molecule has 0 radical (unpaired) electrons. The van der Waals surface area contributed by atoms with E-state index in [2.05, 4.69) is 19.5 Å². The number of nitrogens with zero attached hydrogens (tertiary/aromatic N) is 4. The van der Waals surface area contributed by atoms with Crippen LogP contribution in [0.1, 0.15) is 12.5 Å². The minimum atomic E-state index is 0.199. The van der Waals surface area contributed by atoms with E-state index >= 15 is 0 Å². The number of ether oxygens (including phenoxy) is 1. The number of nitrogen functional groups attached to an aromatic ring is 1. The fraction of sp³-hybridized carbons (Fsp3) is 0.643. The second-order valence-electron chi connectivity index (χ2n) is 6.45. The second kappa shape index (κ2) is 3.92. The Labute approximate surface area is 121 Å². The molecule has 7 nitrogen and oxygen atoms in total. The van der Waals surface area contributed by atoms with Crippen molar-refractivity contribution in [2.45, 2.75) is 18.6 Å². The van der Waals surface area contributed by atoms with Crippen molar-refractivity contribution in [1.82, 2.24) is 19.5 Å². The number of rotatable bonds is 2. The molecule has 110 valence electrons. The maximum absolute atomic E-state index is 9.75. The van der Waals surface area contributed by atoms with E-state index in [4.69, 9.17) is 10.5 Å². The monoisotopic (exact) mass is 287 g/mol. The Hall–Kier alpha value is -1.73. The third kappa shape index (κ3) is 1.33. The molecule has 3 fully saturated rings. The molecule has 1 aliphatic heterocycles. The Bertz CT molecular complexity index is 716. The fourth-order valence-electron chi connectivity index (χ4n) is 4.98. The molecule has 2 aromatic rings. The van der Waals surface area contributed by atoms with E-state index in [1.165, 1.54) is 6.33 Å². The molecule has 5 rings (SSSR count). The summed E-state index contributed by atoms with van der Waals surface area (Å²) in [5.41, 5.74) is 7.29. The van der Waals surface area contributed by atoms with Crippen LogP contribution < -0.4 is 5.73 Å². The first-order valence-corrected chi connectivity index (χ1v) is 7.45. The van der Waals surface area contributed by atoms with Crippen LogP contribution in [0.3, 0.4) is 0 Å². The maximum atomic E-state index is 9.75. The number of aliphatic hydroxyl groups excluding tert-OH is 1. The number of hydrogen-bond acceptors (Lipinski definition) is 6. The smallest absolute Gasteiger partial charge is 0.165 e. The van der Waals surface area contributed by atoms with E-state index < -0.39 is 0 Å². The quantitative estimate of drug-likeness (QED) is 0.820. The molecule has 2 saturated carbocycles. The van der Waals surface area contributed by atoms with Crippen molar-refractivity contribution in [2.24, 2.45) is 23.7 Å². The molecule has 6 atom stereocenters. The SMILES string of the molecule is Nc1ncnc2c1ncn2[C@@H]1[C@@H]2C[C@H]3[C@H](CO[C@H]31)[C@H]2CO. The van der Waals surface area contributed by atoms with Crippen molar-refractivity contribution in [3.8, 4) is 0 Å². The number of aromatic nitrogens is 4. The van der Waals surface area contributed by atoms with E-state index in [1.54, 1.807) is 6.33 Å². The van der Waals surface area contributed by atoms with E-state index in [0.717, 1.165) is 18.7 Å². The van der Waals surface area contributed by atoms with Crippen LogP contribution in [0.5, 0.6) is 0 Å². The van der Waals surface area contributed by atoms with Gasteiger partial charge >= 0.3 is 0 Å². The lowest BCUT2D eigenvalue weighted by Gasteiger charge is -2.33. The van der Waals surface area contributed by atoms with Gasteiger partial charge in [-0.1, -0.05) is 0 Å². The highest BCUT2D eigenvalue weighted by Gasteiger charge is 2.62. The van der Waals surface area contributed by atoms with Crippen molar-refractivity contribution >= 4 is 17.0 Å². The third-order valence-corrected chi connectivity index (χ3v) is 5.79. The highest BCUT2D eigenvalue weighted by molar-refractivity contribution is 5.81. The summed E-state index contributed by atoms with van der Waals surface area (Å²) in [5, 5.41) is 9.75. The van der Waals surface area contributed by atoms with Crippen LogP contribution in [0.25, 0.3) is 11.2 Å². The molecule has 2 aliphatic carbocycles. The van der Waals surface area contributed by atoms with Crippen molar-refractivity contribution in [3.63, 3.8) is 0 Å².